The van der Waals surface area contributed by atoms with Gasteiger partial charge in [-0.15, -0.1) is 0 Å². The van der Waals surface area contributed by atoms with E-state index in [-0.39, 0.29) is 11.9 Å². The highest BCUT2D eigenvalue weighted by Gasteiger charge is 2.22. The van der Waals surface area contributed by atoms with Gasteiger partial charge in [0.1, 0.15) is 5.82 Å². The molecule has 19 heavy (non-hydrogen) atoms. The van der Waals surface area contributed by atoms with Crippen LogP contribution in [0.5, 0.6) is 0 Å². The largest absolute Gasteiger partial charge is 0.378 e. The molecule has 0 radical (unpaired) electrons. The van der Waals surface area contributed by atoms with Gasteiger partial charge in [-0.05, 0) is 48.2 Å². The van der Waals surface area contributed by atoms with Crippen molar-refractivity contribution in [2.75, 3.05) is 5.32 Å². The Bertz CT molecular complexity index is 607. The van der Waals surface area contributed by atoms with Gasteiger partial charge in [0.15, 0.2) is 0 Å². The van der Waals surface area contributed by atoms with Crippen LogP contribution in [0.3, 0.4) is 0 Å². The second kappa shape index (κ2) is 5.03. The minimum absolute atomic E-state index is 0.155. The van der Waals surface area contributed by atoms with Crippen molar-refractivity contribution < 1.29 is 4.39 Å². The summed E-state index contributed by atoms with van der Waals surface area (Å²) in [7, 11) is 0. The molecule has 1 unspecified atom stereocenters. The Kier molecular flexibility index (Phi) is 3.38. The van der Waals surface area contributed by atoms with E-state index < -0.39 is 0 Å². The first-order valence-corrected chi connectivity index (χ1v) is 6.87. The van der Waals surface area contributed by atoms with E-state index in [4.69, 9.17) is 23.2 Å². The zero-order valence-corrected chi connectivity index (χ0v) is 11.6. The van der Waals surface area contributed by atoms with Crippen LogP contribution in [0.2, 0.25) is 10.0 Å². The molecule has 1 atom stereocenters. The van der Waals surface area contributed by atoms with Gasteiger partial charge in [0.2, 0.25) is 0 Å². The maximum absolute atomic E-state index is 13.7. The third-order valence-electron chi connectivity index (χ3n) is 3.41. The van der Waals surface area contributed by atoms with Gasteiger partial charge >= 0.3 is 0 Å². The van der Waals surface area contributed by atoms with Crippen molar-refractivity contribution in [3.05, 3.63) is 63.4 Å². The van der Waals surface area contributed by atoms with E-state index in [1.807, 2.05) is 18.2 Å². The molecule has 0 amide bonds. The Morgan fingerprint density at radius 1 is 1.05 bits per heavy atom. The summed E-state index contributed by atoms with van der Waals surface area (Å²) >= 11 is 12.0. The van der Waals surface area contributed by atoms with Gasteiger partial charge in [0.25, 0.3) is 0 Å². The normalized spacial score (nSPS) is 17.3. The lowest BCUT2D eigenvalue weighted by atomic mass is 10.1. The average Bonchev–Trinajstić information content (AvgIpc) is 2.75. The minimum atomic E-state index is -0.318. The molecule has 1 nitrogen and oxygen atoms in total. The van der Waals surface area contributed by atoms with Crippen LogP contribution < -0.4 is 5.32 Å². The van der Waals surface area contributed by atoms with Crippen molar-refractivity contribution in [1.82, 2.24) is 0 Å². The molecule has 98 valence electrons. The number of para-hydroxylation sites is 1. The van der Waals surface area contributed by atoms with Crippen molar-refractivity contribution in [1.29, 1.82) is 0 Å². The Hall–Kier alpha value is -1.25. The predicted molar refractivity (Wildman–Crippen MR) is 77.7 cm³/mol. The third-order valence-corrected chi connectivity index (χ3v) is 3.96. The Morgan fingerprint density at radius 2 is 1.84 bits per heavy atom. The summed E-state index contributed by atoms with van der Waals surface area (Å²) in [6.45, 7) is 0. The Morgan fingerprint density at radius 3 is 2.63 bits per heavy atom. The van der Waals surface area contributed by atoms with Gasteiger partial charge in [-0.2, -0.15) is 0 Å². The number of nitrogens with one attached hydrogen (secondary N) is 1. The number of hydrogen-bond acceptors (Lipinski definition) is 1. The van der Waals surface area contributed by atoms with Crippen LogP contribution in [0.25, 0.3) is 0 Å². The fourth-order valence-electron chi connectivity index (χ4n) is 2.53. The van der Waals surface area contributed by atoms with Crippen molar-refractivity contribution in [2.45, 2.75) is 18.9 Å². The number of halogens is 3. The lowest BCUT2D eigenvalue weighted by molar-refractivity contribution is 0.625. The van der Waals surface area contributed by atoms with Crippen LogP contribution in [0, 0.1) is 5.82 Å². The van der Waals surface area contributed by atoms with Crippen LogP contribution in [0.1, 0.15) is 11.1 Å². The fraction of sp³-hybridized carbons (Fsp3) is 0.200. The monoisotopic (exact) mass is 295 g/mol. The van der Waals surface area contributed by atoms with E-state index in [1.54, 1.807) is 12.1 Å². The number of anilines is 1. The van der Waals surface area contributed by atoms with E-state index in [2.05, 4.69) is 5.32 Å². The number of rotatable bonds is 2. The Balaban J connectivity index is 1.81. The van der Waals surface area contributed by atoms with Crippen molar-refractivity contribution >= 4 is 28.9 Å². The SMILES string of the molecule is Fc1cccc(Cl)c1NC1Cc2ccc(Cl)cc2C1. The quantitative estimate of drug-likeness (QED) is 0.846. The smallest absolute Gasteiger partial charge is 0.147 e. The molecule has 0 saturated carbocycles. The average molecular weight is 296 g/mol. The molecule has 0 saturated heterocycles. The predicted octanol–water partition coefficient (Wildman–Crippen LogP) is 4.71. The van der Waals surface area contributed by atoms with E-state index in [1.165, 1.54) is 17.2 Å². The maximum atomic E-state index is 13.7. The maximum Gasteiger partial charge on any atom is 0.147 e. The molecule has 1 aliphatic rings. The Labute approximate surface area is 121 Å². The van der Waals surface area contributed by atoms with E-state index in [0.29, 0.717) is 10.7 Å². The zero-order valence-electron chi connectivity index (χ0n) is 10.1. The first kappa shape index (κ1) is 12.8. The lowest BCUT2D eigenvalue weighted by Gasteiger charge is -2.15. The molecule has 2 aromatic carbocycles. The van der Waals surface area contributed by atoms with Crippen LogP contribution in [0.15, 0.2) is 36.4 Å². The second-order valence-electron chi connectivity index (χ2n) is 4.76. The summed E-state index contributed by atoms with van der Waals surface area (Å²) in [6.07, 6.45) is 1.69. The highest BCUT2D eigenvalue weighted by Crippen LogP contribution is 2.30. The molecule has 0 aliphatic heterocycles. The van der Waals surface area contributed by atoms with E-state index in [9.17, 15) is 4.39 Å². The summed E-state index contributed by atoms with van der Waals surface area (Å²) in [6, 6.07) is 10.7. The van der Waals surface area contributed by atoms with E-state index >= 15 is 0 Å². The molecule has 0 fully saturated rings. The highest BCUT2D eigenvalue weighted by molar-refractivity contribution is 6.33. The van der Waals surface area contributed by atoms with Crippen molar-refractivity contribution in [3.8, 4) is 0 Å². The first-order valence-electron chi connectivity index (χ1n) is 6.11. The zero-order chi connectivity index (χ0) is 13.4. The second-order valence-corrected chi connectivity index (χ2v) is 5.60. The standard InChI is InChI=1S/C15H12Cl2FN/c16-11-5-4-9-7-12(8-10(9)6-11)19-15-13(17)2-1-3-14(15)18/h1-6,12,19H,7-8H2. The lowest BCUT2D eigenvalue weighted by Crippen LogP contribution is -2.20. The minimum Gasteiger partial charge on any atom is -0.378 e. The molecular weight excluding hydrogens is 284 g/mol. The fourth-order valence-corrected chi connectivity index (χ4v) is 2.94. The third kappa shape index (κ3) is 2.56. The van der Waals surface area contributed by atoms with Crippen molar-refractivity contribution in [3.63, 3.8) is 0 Å². The first-order chi connectivity index (χ1) is 9.13. The number of hydrogen-bond donors (Lipinski definition) is 1. The van der Waals surface area contributed by atoms with E-state index in [0.717, 1.165) is 17.9 Å². The highest BCUT2D eigenvalue weighted by atomic mass is 35.5. The van der Waals surface area contributed by atoms with Gasteiger partial charge in [0.05, 0.1) is 10.7 Å². The molecule has 3 rings (SSSR count). The van der Waals surface area contributed by atoms with Crippen LogP contribution in [-0.4, -0.2) is 6.04 Å². The van der Waals surface area contributed by atoms with Crippen LogP contribution >= 0.6 is 23.2 Å². The van der Waals surface area contributed by atoms with Gasteiger partial charge in [-0.1, -0.05) is 35.3 Å². The molecule has 4 heteroatoms. The summed E-state index contributed by atoms with van der Waals surface area (Å²) in [5, 5.41) is 4.34. The summed E-state index contributed by atoms with van der Waals surface area (Å²) in [5.74, 6) is -0.318. The number of fused-ring (bicyclic) bond motifs is 1. The summed E-state index contributed by atoms with van der Waals surface area (Å²) in [5.41, 5.74) is 2.86. The van der Waals surface area contributed by atoms with Gasteiger partial charge in [0, 0.05) is 11.1 Å². The molecule has 0 bridgehead atoms. The summed E-state index contributed by atoms with van der Waals surface area (Å²) in [4.78, 5) is 0. The van der Waals surface area contributed by atoms with Crippen molar-refractivity contribution in [2.24, 2.45) is 0 Å². The molecule has 0 aromatic heterocycles. The molecule has 2 aromatic rings. The van der Waals surface area contributed by atoms with Gasteiger partial charge in [-0.25, -0.2) is 4.39 Å². The van der Waals surface area contributed by atoms with Crippen LogP contribution in [-0.2, 0) is 12.8 Å². The molecule has 0 heterocycles. The number of benzene rings is 2. The molecular formula is C15H12Cl2FN. The topological polar surface area (TPSA) is 12.0 Å². The molecule has 1 aliphatic carbocycles. The molecule has 1 N–H and O–H groups in total. The summed E-state index contributed by atoms with van der Waals surface area (Å²) < 4.78 is 13.7. The van der Waals surface area contributed by atoms with Gasteiger partial charge < -0.3 is 5.32 Å². The van der Waals surface area contributed by atoms with Crippen LogP contribution in [0.4, 0.5) is 10.1 Å². The van der Waals surface area contributed by atoms with Gasteiger partial charge in [-0.3, -0.25) is 0 Å². The molecule has 0 spiro atoms.